The molecule has 2 aromatic rings. The molecule has 2 heterocycles. The lowest BCUT2D eigenvalue weighted by molar-refractivity contribution is 0.171. The van der Waals surface area contributed by atoms with Crippen LogP contribution in [0.15, 0.2) is 29.6 Å². The quantitative estimate of drug-likeness (QED) is 0.947. The first-order valence-electron chi connectivity index (χ1n) is 5.56. The second kappa shape index (κ2) is 5.69. The molecule has 0 fully saturated rings. The molecule has 102 valence electrons. The number of nitrogens with two attached hydrogens (primary N) is 1. The number of hydrogen-bond acceptors (Lipinski definition) is 5. The van der Waals surface area contributed by atoms with Crippen molar-refractivity contribution in [2.24, 2.45) is 5.73 Å². The van der Waals surface area contributed by atoms with Crippen LogP contribution in [-0.2, 0) is 0 Å². The summed E-state index contributed by atoms with van der Waals surface area (Å²) in [5.74, 6) is 2.00. The van der Waals surface area contributed by atoms with Crippen LogP contribution in [0.1, 0.15) is 16.5 Å². The number of halogens is 1. The number of thiophene rings is 1. The highest BCUT2D eigenvalue weighted by Gasteiger charge is 2.22. The predicted molar refractivity (Wildman–Crippen MR) is 76.7 cm³/mol. The maximum atomic E-state index is 6.24. The minimum Gasteiger partial charge on any atom is -0.493 e. The average Bonchev–Trinajstić information content (AvgIpc) is 3.07. The van der Waals surface area contributed by atoms with E-state index < -0.39 is 0 Å². The van der Waals surface area contributed by atoms with Crippen LogP contribution < -0.4 is 19.9 Å². The van der Waals surface area contributed by atoms with Crippen LogP contribution in [0.5, 0.6) is 17.2 Å². The Morgan fingerprint density at radius 1 is 1.37 bits per heavy atom. The lowest BCUT2D eigenvalue weighted by Gasteiger charge is -2.13. The molecule has 19 heavy (non-hydrogen) atoms. The molecule has 0 saturated carbocycles. The van der Waals surface area contributed by atoms with Gasteiger partial charge in [0.1, 0.15) is 0 Å². The summed E-state index contributed by atoms with van der Waals surface area (Å²) < 4.78 is 16.1. The zero-order valence-electron chi connectivity index (χ0n) is 10.3. The van der Waals surface area contributed by atoms with Crippen LogP contribution in [0, 0.1) is 0 Å². The number of methoxy groups -OCH3 is 1. The standard InChI is InChI=1S/C13H13NO3S.ClH/c1-15-9-5-8(6-10-13(9)17-7-16-10)12(14)11-3-2-4-18-11;/h2-6,12H,7,14H2,1H3;1H/t12-;/m0./s1. The second-order valence-corrected chi connectivity index (χ2v) is 4.93. The van der Waals surface area contributed by atoms with Gasteiger partial charge in [-0.3, -0.25) is 0 Å². The van der Waals surface area contributed by atoms with Gasteiger partial charge in [-0.2, -0.15) is 0 Å². The first-order valence-corrected chi connectivity index (χ1v) is 6.44. The van der Waals surface area contributed by atoms with Crippen molar-refractivity contribution in [3.05, 3.63) is 40.1 Å². The van der Waals surface area contributed by atoms with Crippen molar-refractivity contribution in [2.75, 3.05) is 13.9 Å². The van der Waals surface area contributed by atoms with Crippen molar-refractivity contribution in [1.82, 2.24) is 0 Å². The number of hydrogen-bond donors (Lipinski definition) is 1. The molecule has 0 amide bonds. The molecule has 0 aliphatic carbocycles. The molecule has 6 heteroatoms. The monoisotopic (exact) mass is 299 g/mol. The lowest BCUT2D eigenvalue weighted by Crippen LogP contribution is -2.10. The van der Waals surface area contributed by atoms with Gasteiger partial charge in [0, 0.05) is 4.88 Å². The molecule has 1 aromatic heterocycles. The molecule has 0 bridgehead atoms. The van der Waals surface area contributed by atoms with Crippen molar-refractivity contribution < 1.29 is 14.2 Å². The lowest BCUT2D eigenvalue weighted by atomic mass is 10.0. The predicted octanol–water partition coefficient (Wildman–Crippen LogP) is 2.96. The Kier molecular flexibility index (Phi) is 4.19. The molecule has 3 rings (SSSR count). The molecule has 0 spiro atoms. The number of fused-ring (bicyclic) bond motifs is 1. The summed E-state index contributed by atoms with van der Waals surface area (Å²) in [4.78, 5) is 1.11. The molecule has 0 radical (unpaired) electrons. The van der Waals surface area contributed by atoms with E-state index in [2.05, 4.69) is 0 Å². The van der Waals surface area contributed by atoms with Crippen LogP contribution >= 0.6 is 23.7 Å². The SMILES string of the molecule is COc1cc([C@H](N)c2cccs2)cc2c1OCO2.Cl. The fraction of sp³-hybridized carbons (Fsp3) is 0.231. The van der Waals surface area contributed by atoms with Gasteiger partial charge in [-0.15, -0.1) is 23.7 Å². The van der Waals surface area contributed by atoms with Crippen molar-refractivity contribution in [3.63, 3.8) is 0 Å². The van der Waals surface area contributed by atoms with Crippen LogP contribution in [0.2, 0.25) is 0 Å². The minimum atomic E-state index is -0.173. The molecular formula is C13H14ClNO3S. The summed E-state index contributed by atoms with van der Waals surface area (Å²) in [5.41, 5.74) is 7.19. The Morgan fingerprint density at radius 3 is 2.89 bits per heavy atom. The van der Waals surface area contributed by atoms with E-state index in [-0.39, 0.29) is 25.2 Å². The third-order valence-electron chi connectivity index (χ3n) is 2.89. The molecular weight excluding hydrogens is 286 g/mol. The van der Waals surface area contributed by atoms with E-state index >= 15 is 0 Å². The van der Waals surface area contributed by atoms with Crippen LogP contribution in [0.3, 0.4) is 0 Å². The molecule has 1 aliphatic heterocycles. The van der Waals surface area contributed by atoms with Gasteiger partial charge in [0.25, 0.3) is 0 Å². The maximum absolute atomic E-state index is 6.24. The fourth-order valence-corrected chi connectivity index (χ4v) is 2.72. The van der Waals surface area contributed by atoms with E-state index in [0.717, 1.165) is 10.4 Å². The maximum Gasteiger partial charge on any atom is 0.231 e. The van der Waals surface area contributed by atoms with Crippen molar-refractivity contribution >= 4 is 23.7 Å². The first kappa shape index (κ1) is 14.0. The summed E-state index contributed by atoms with van der Waals surface area (Å²) in [6.45, 7) is 0.226. The second-order valence-electron chi connectivity index (χ2n) is 3.95. The fourth-order valence-electron chi connectivity index (χ4n) is 1.96. The first-order chi connectivity index (χ1) is 8.79. The van der Waals surface area contributed by atoms with Gasteiger partial charge < -0.3 is 19.9 Å². The summed E-state index contributed by atoms with van der Waals surface area (Å²) in [6, 6.07) is 7.65. The molecule has 2 N–H and O–H groups in total. The molecule has 4 nitrogen and oxygen atoms in total. The Bertz CT molecular complexity index is 559. The summed E-state index contributed by atoms with van der Waals surface area (Å²) >= 11 is 1.63. The zero-order valence-corrected chi connectivity index (χ0v) is 11.9. The molecule has 0 unspecified atom stereocenters. The van der Waals surface area contributed by atoms with E-state index in [1.165, 1.54) is 0 Å². The highest BCUT2D eigenvalue weighted by atomic mass is 35.5. The van der Waals surface area contributed by atoms with Crippen molar-refractivity contribution in [1.29, 1.82) is 0 Å². The van der Waals surface area contributed by atoms with E-state index in [1.807, 2.05) is 29.6 Å². The van der Waals surface area contributed by atoms with E-state index in [1.54, 1.807) is 18.4 Å². The zero-order chi connectivity index (χ0) is 12.5. The van der Waals surface area contributed by atoms with Gasteiger partial charge in [-0.1, -0.05) is 6.07 Å². The smallest absolute Gasteiger partial charge is 0.231 e. The van der Waals surface area contributed by atoms with Gasteiger partial charge in [0.15, 0.2) is 11.5 Å². The number of benzene rings is 1. The van der Waals surface area contributed by atoms with Crippen LogP contribution in [0.4, 0.5) is 0 Å². The normalized spacial score (nSPS) is 13.8. The largest absolute Gasteiger partial charge is 0.493 e. The van der Waals surface area contributed by atoms with Crippen molar-refractivity contribution in [2.45, 2.75) is 6.04 Å². The van der Waals surface area contributed by atoms with Crippen LogP contribution in [0.25, 0.3) is 0 Å². The Balaban J connectivity index is 0.00000133. The Morgan fingerprint density at radius 2 is 2.21 bits per heavy atom. The third-order valence-corrected chi connectivity index (χ3v) is 3.84. The Hall–Kier alpha value is -1.43. The number of ether oxygens (including phenoxy) is 3. The molecule has 1 atom stereocenters. The van der Waals surface area contributed by atoms with E-state index in [4.69, 9.17) is 19.9 Å². The van der Waals surface area contributed by atoms with E-state index in [9.17, 15) is 0 Å². The Labute approximate surface area is 121 Å². The summed E-state index contributed by atoms with van der Waals surface area (Å²) in [6.07, 6.45) is 0. The molecule has 1 aliphatic rings. The average molecular weight is 300 g/mol. The topological polar surface area (TPSA) is 53.7 Å². The van der Waals surface area contributed by atoms with Gasteiger partial charge >= 0.3 is 0 Å². The van der Waals surface area contributed by atoms with Crippen molar-refractivity contribution in [3.8, 4) is 17.2 Å². The van der Waals surface area contributed by atoms with Gasteiger partial charge in [-0.05, 0) is 29.1 Å². The van der Waals surface area contributed by atoms with Gasteiger partial charge in [0.05, 0.1) is 13.2 Å². The minimum absolute atomic E-state index is 0. The third kappa shape index (κ3) is 2.49. The van der Waals surface area contributed by atoms with E-state index in [0.29, 0.717) is 17.2 Å². The molecule has 1 aromatic carbocycles. The van der Waals surface area contributed by atoms with Crippen LogP contribution in [-0.4, -0.2) is 13.9 Å². The summed E-state index contributed by atoms with van der Waals surface area (Å²) in [7, 11) is 1.61. The summed E-state index contributed by atoms with van der Waals surface area (Å²) in [5, 5.41) is 2.01. The van der Waals surface area contributed by atoms with Gasteiger partial charge in [0.2, 0.25) is 12.5 Å². The molecule has 0 saturated heterocycles. The number of rotatable bonds is 3. The highest BCUT2D eigenvalue weighted by Crippen LogP contribution is 2.43. The van der Waals surface area contributed by atoms with Gasteiger partial charge in [-0.25, -0.2) is 0 Å². The highest BCUT2D eigenvalue weighted by molar-refractivity contribution is 7.10.